The zero-order valence-electron chi connectivity index (χ0n) is 13.5. The van der Waals surface area contributed by atoms with Gasteiger partial charge >= 0.3 is 0 Å². The average molecular weight is 326 g/mol. The molecule has 0 amide bonds. The van der Waals surface area contributed by atoms with E-state index in [0.29, 0.717) is 5.56 Å². The van der Waals surface area contributed by atoms with Crippen LogP contribution in [0.1, 0.15) is 36.0 Å². The highest BCUT2D eigenvalue weighted by atomic mass is 19.2. The normalized spacial score (nSPS) is 11.4. The second-order valence-electron chi connectivity index (χ2n) is 5.44. The van der Waals surface area contributed by atoms with Crippen molar-refractivity contribution < 1.29 is 8.78 Å². The van der Waals surface area contributed by atoms with Gasteiger partial charge in [0.2, 0.25) is 0 Å². The lowest BCUT2D eigenvalue weighted by Crippen LogP contribution is -1.88. The van der Waals surface area contributed by atoms with E-state index in [4.69, 9.17) is 0 Å². The van der Waals surface area contributed by atoms with Gasteiger partial charge < -0.3 is 0 Å². The van der Waals surface area contributed by atoms with E-state index in [2.05, 4.69) is 28.9 Å². The first-order chi connectivity index (χ1) is 11.7. The van der Waals surface area contributed by atoms with E-state index >= 15 is 0 Å². The molecule has 0 unspecified atom stereocenters. The van der Waals surface area contributed by atoms with Crippen LogP contribution in [-0.2, 0) is 6.42 Å². The molecule has 0 spiro atoms. The molecule has 0 atom stereocenters. The maximum Gasteiger partial charge on any atom is 0.159 e. The van der Waals surface area contributed by atoms with Gasteiger partial charge in [0.1, 0.15) is 0 Å². The number of nitrogens with zero attached hydrogens (tertiary/aromatic N) is 2. The minimum atomic E-state index is -0.897. The standard InChI is InChI=1S/C20H20F2N2/c1-2-3-4-5-6-16-7-9-17(10-8-16)14-23-24-15-18-11-12-19(21)20(22)13-18/h2,7-15H,1,3-6H2. The van der Waals surface area contributed by atoms with Gasteiger partial charge in [0.05, 0.1) is 12.4 Å². The molecule has 0 aliphatic rings. The molecule has 4 heteroatoms. The van der Waals surface area contributed by atoms with E-state index in [1.165, 1.54) is 17.8 Å². The average Bonchev–Trinajstić information content (AvgIpc) is 2.60. The molecule has 0 saturated heterocycles. The van der Waals surface area contributed by atoms with Gasteiger partial charge in [-0.1, -0.05) is 36.4 Å². The first kappa shape index (κ1) is 17.7. The molecule has 0 heterocycles. The number of benzene rings is 2. The van der Waals surface area contributed by atoms with Gasteiger partial charge in [-0.05, 0) is 54.5 Å². The number of hydrogen-bond acceptors (Lipinski definition) is 2. The van der Waals surface area contributed by atoms with Crippen LogP contribution in [0.4, 0.5) is 8.78 Å². The molecule has 2 aromatic carbocycles. The highest BCUT2D eigenvalue weighted by Gasteiger charge is 2.00. The van der Waals surface area contributed by atoms with Crippen LogP contribution in [0.15, 0.2) is 65.3 Å². The molecule has 2 aromatic rings. The fourth-order valence-corrected chi connectivity index (χ4v) is 2.18. The van der Waals surface area contributed by atoms with E-state index in [1.807, 2.05) is 18.2 Å². The molecule has 2 rings (SSSR count). The molecular formula is C20H20F2N2. The topological polar surface area (TPSA) is 24.7 Å². The van der Waals surface area contributed by atoms with Gasteiger partial charge in [0, 0.05) is 0 Å². The first-order valence-electron chi connectivity index (χ1n) is 7.90. The summed E-state index contributed by atoms with van der Waals surface area (Å²) >= 11 is 0. The Hall–Kier alpha value is -2.62. The Balaban J connectivity index is 1.86. The van der Waals surface area contributed by atoms with E-state index in [-0.39, 0.29) is 0 Å². The Bertz CT molecular complexity index is 719. The van der Waals surface area contributed by atoms with Crippen LogP contribution >= 0.6 is 0 Å². The quantitative estimate of drug-likeness (QED) is 0.272. The van der Waals surface area contributed by atoms with Crippen LogP contribution < -0.4 is 0 Å². The molecule has 124 valence electrons. The van der Waals surface area contributed by atoms with Crippen molar-refractivity contribution in [2.75, 3.05) is 0 Å². The highest BCUT2D eigenvalue weighted by Crippen LogP contribution is 2.09. The molecule has 0 radical (unpaired) electrons. The van der Waals surface area contributed by atoms with Crippen LogP contribution in [0.2, 0.25) is 0 Å². The van der Waals surface area contributed by atoms with E-state index < -0.39 is 11.6 Å². The second-order valence-corrected chi connectivity index (χ2v) is 5.44. The van der Waals surface area contributed by atoms with Crippen molar-refractivity contribution in [1.29, 1.82) is 0 Å². The summed E-state index contributed by atoms with van der Waals surface area (Å²) < 4.78 is 25.8. The van der Waals surface area contributed by atoms with Crippen molar-refractivity contribution in [1.82, 2.24) is 0 Å². The van der Waals surface area contributed by atoms with Gasteiger partial charge in [-0.25, -0.2) is 8.78 Å². The van der Waals surface area contributed by atoms with Crippen molar-refractivity contribution in [3.8, 4) is 0 Å². The van der Waals surface area contributed by atoms with Crippen LogP contribution in [-0.4, -0.2) is 12.4 Å². The summed E-state index contributed by atoms with van der Waals surface area (Å²) in [5, 5.41) is 7.77. The third-order valence-corrected chi connectivity index (χ3v) is 3.53. The van der Waals surface area contributed by atoms with Crippen LogP contribution in [0.3, 0.4) is 0 Å². The molecule has 0 saturated carbocycles. The Morgan fingerprint density at radius 2 is 1.50 bits per heavy atom. The van der Waals surface area contributed by atoms with Crippen molar-refractivity contribution in [3.63, 3.8) is 0 Å². The van der Waals surface area contributed by atoms with Gasteiger partial charge in [-0.3, -0.25) is 0 Å². The summed E-state index contributed by atoms with van der Waals surface area (Å²) in [5.74, 6) is -1.77. The second kappa shape index (κ2) is 9.50. The van der Waals surface area contributed by atoms with Crippen molar-refractivity contribution in [2.45, 2.75) is 25.7 Å². The fourth-order valence-electron chi connectivity index (χ4n) is 2.18. The molecule has 0 aliphatic heterocycles. The van der Waals surface area contributed by atoms with Crippen LogP contribution in [0, 0.1) is 11.6 Å². The summed E-state index contributed by atoms with van der Waals surface area (Å²) in [7, 11) is 0. The van der Waals surface area contributed by atoms with Crippen LogP contribution in [0.25, 0.3) is 0 Å². The van der Waals surface area contributed by atoms with Gasteiger partial charge in [-0.2, -0.15) is 10.2 Å². The number of aryl methyl sites for hydroxylation is 1. The van der Waals surface area contributed by atoms with Crippen molar-refractivity contribution in [2.24, 2.45) is 10.2 Å². The molecule has 0 bridgehead atoms. The minimum Gasteiger partial charge on any atom is -0.204 e. The van der Waals surface area contributed by atoms with Crippen molar-refractivity contribution in [3.05, 3.63) is 83.4 Å². The predicted molar refractivity (Wildman–Crippen MR) is 95.7 cm³/mol. The maximum atomic E-state index is 13.0. The SMILES string of the molecule is C=CCCCCc1ccc(C=NN=Cc2ccc(F)c(F)c2)cc1. The summed E-state index contributed by atoms with van der Waals surface area (Å²) in [6.07, 6.45) is 9.37. The maximum absolute atomic E-state index is 13.0. The summed E-state index contributed by atoms with van der Waals surface area (Å²) in [4.78, 5) is 0. The Kier molecular flexibility index (Phi) is 7.02. The molecule has 0 aliphatic carbocycles. The zero-order chi connectivity index (χ0) is 17.2. The monoisotopic (exact) mass is 326 g/mol. The lowest BCUT2D eigenvalue weighted by atomic mass is 10.1. The van der Waals surface area contributed by atoms with Crippen molar-refractivity contribution >= 4 is 12.4 Å². The largest absolute Gasteiger partial charge is 0.204 e. The fraction of sp³-hybridized carbons (Fsp3) is 0.200. The summed E-state index contributed by atoms with van der Waals surface area (Å²) in [6, 6.07) is 11.7. The van der Waals surface area contributed by atoms with E-state index in [0.717, 1.165) is 43.4 Å². The molecule has 0 fully saturated rings. The van der Waals surface area contributed by atoms with Gasteiger partial charge in [0.15, 0.2) is 11.6 Å². The summed E-state index contributed by atoms with van der Waals surface area (Å²) in [5.41, 5.74) is 2.69. The molecule has 24 heavy (non-hydrogen) atoms. The third kappa shape index (κ3) is 5.88. The van der Waals surface area contributed by atoms with E-state index in [9.17, 15) is 8.78 Å². The predicted octanol–water partition coefficient (Wildman–Crippen LogP) is 5.32. The Morgan fingerprint density at radius 1 is 0.833 bits per heavy atom. The van der Waals surface area contributed by atoms with Crippen LogP contribution in [0.5, 0.6) is 0 Å². The number of rotatable bonds is 8. The third-order valence-electron chi connectivity index (χ3n) is 3.53. The highest BCUT2D eigenvalue weighted by molar-refractivity contribution is 5.82. The number of halogens is 2. The smallest absolute Gasteiger partial charge is 0.159 e. The lowest BCUT2D eigenvalue weighted by molar-refractivity contribution is 0.508. The molecule has 2 nitrogen and oxygen atoms in total. The van der Waals surface area contributed by atoms with Gasteiger partial charge in [-0.15, -0.1) is 6.58 Å². The summed E-state index contributed by atoms with van der Waals surface area (Å²) in [6.45, 7) is 3.72. The number of hydrogen-bond donors (Lipinski definition) is 0. The Labute approximate surface area is 141 Å². The lowest BCUT2D eigenvalue weighted by Gasteiger charge is -2.00. The van der Waals surface area contributed by atoms with Gasteiger partial charge in [0.25, 0.3) is 0 Å². The molecule has 0 N–H and O–H groups in total. The molecule has 0 aromatic heterocycles. The molecular weight excluding hydrogens is 306 g/mol. The first-order valence-corrected chi connectivity index (χ1v) is 7.90. The van der Waals surface area contributed by atoms with E-state index in [1.54, 1.807) is 6.21 Å². The zero-order valence-corrected chi connectivity index (χ0v) is 13.5. The number of unbranched alkanes of at least 4 members (excludes halogenated alkanes) is 2. The minimum absolute atomic E-state index is 0.459. The Morgan fingerprint density at radius 3 is 2.17 bits per heavy atom. The number of allylic oxidation sites excluding steroid dienone is 1.